The quantitative estimate of drug-likeness (QED) is 0.583. The number of aromatic hydroxyl groups is 1. The van der Waals surface area contributed by atoms with E-state index in [1.54, 1.807) is 12.1 Å². The normalized spacial score (nSPS) is 10.3. The SMILES string of the molecule is CCc1ccc(O)c(NC(=O)CCc2cccc(N)c2)c1. The molecule has 4 heteroatoms. The van der Waals surface area contributed by atoms with Crippen LogP contribution in [0, 0.1) is 0 Å². The van der Waals surface area contributed by atoms with Gasteiger partial charge >= 0.3 is 0 Å². The highest BCUT2D eigenvalue weighted by Crippen LogP contribution is 2.24. The van der Waals surface area contributed by atoms with Crippen LogP contribution in [-0.4, -0.2) is 11.0 Å². The summed E-state index contributed by atoms with van der Waals surface area (Å²) in [6.07, 6.45) is 1.82. The zero-order chi connectivity index (χ0) is 15.2. The van der Waals surface area contributed by atoms with Crippen LogP contribution in [0.1, 0.15) is 24.5 Å². The van der Waals surface area contributed by atoms with E-state index in [4.69, 9.17) is 5.73 Å². The molecule has 0 aromatic heterocycles. The first-order valence-electron chi connectivity index (χ1n) is 7.04. The molecule has 0 heterocycles. The zero-order valence-corrected chi connectivity index (χ0v) is 12.1. The number of hydrogen-bond donors (Lipinski definition) is 3. The van der Waals surface area contributed by atoms with Gasteiger partial charge in [0.2, 0.25) is 5.91 Å². The molecule has 110 valence electrons. The molecule has 4 nitrogen and oxygen atoms in total. The number of nitrogens with one attached hydrogen (secondary N) is 1. The van der Waals surface area contributed by atoms with Gasteiger partial charge < -0.3 is 16.2 Å². The molecule has 0 unspecified atom stereocenters. The maximum absolute atomic E-state index is 12.0. The summed E-state index contributed by atoms with van der Waals surface area (Å²) in [4.78, 5) is 12.0. The predicted molar refractivity (Wildman–Crippen MR) is 85.3 cm³/mol. The van der Waals surface area contributed by atoms with Crippen LogP contribution in [0.2, 0.25) is 0 Å². The van der Waals surface area contributed by atoms with E-state index in [1.807, 2.05) is 37.3 Å². The standard InChI is InChI=1S/C17H20N2O2/c1-2-12-6-8-16(20)15(11-12)19-17(21)9-7-13-4-3-5-14(18)10-13/h3-6,8,10-11,20H,2,7,9,18H2,1H3,(H,19,21). The number of benzene rings is 2. The lowest BCUT2D eigenvalue weighted by Crippen LogP contribution is -2.12. The number of phenols is 1. The van der Waals surface area contributed by atoms with E-state index in [2.05, 4.69) is 5.32 Å². The zero-order valence-electron chi connectivity index (χ0n) is 12.1. The van der Waals surface area contributed by atoms with Crippen molar-refractivity contribution in [3.05, 3.63) is 53.6 Å². The lowest BCUT2D eigenvalue weighted by molar-refractivity contribution is -0.116. The van der Waals surface area contributed by atoms with E-state index < -0.39 is 0 Å². The molecule has 0 aliphatic heterocycles. The fraction of sp³-hybridized carbons (Fsp3) is 0.235. The van der Waals surface area contributed by atoms with Crippen LogP contribution in [0.3, 0.4) is 0 Å². The Morgan fingerprint density at radius 3 is 2.71 bits per heavy atom. The first kappa shape index (κ1) is 14.9. The van der Waals surface area contributed by atoms with E-state index in [-0.39, 0.29) is 11.7 Å². The van der Waals surface area contributed by atoms with Crippen molar-refractivity contribution in [2.45, 2.75) is 26.2 Å². The topological polar surface area (TPSA) is 75.3 Å². The molecule has 0 saturated carbocycles. The van der Waals surface area contributed by atoms with Gasteiger partial charge in [0.15, 0.2) is 0 Å². The molecule has 2 rings (SSSR count). The molecule has 0 radical (unpaired) electrons. The summed E-state index contributed by atoms with van der Waals surface area (Å²) in [5.41, 5.74) is 8.96. The number of hydrogen-bond acceptors (Lipinski definition) is 3. The fourth-order valence-electron chi connectivity index (χ4n) is 2.12. The van der Waals surface area contributed by atoms with Gasteiger partial charge in [-0.2, -0.15) is 0 Å². The van der Waals surface area contributed by atoms with Gasteiger partial charge in [0.25, 0.3) is 0 Å². The number of carbonyl (C=O) groups is 1. The third-order valence-electron chi connectivity index (χ3n) is 3.34. The van der Waals surface area contributed by atoms with Gasteiger partial charge in [-0.1, -0.05) is 25.1 Å². The maximum Gasteiger partial charge on any atom is 0.224 e. The van der Waals surface area contributed by atoms with E-state index >= 15 is 0 Å². The van der Waals surface area contributed by atoms with Gasteiger partial charge in [0.05, 0.1) is 5.69 Å². The van der Waals surface area contributed by atoms with Crippen LogP contribution in [0.15, 0.2) is 42.5 Å². The van der Waals surface area contributed by atoms with Crippen LogP contribution >= 0.6 is 0 Å². The largest absolute Gasteiger partial charge is 0.506 e. The highest BCUT2D eigenvalue weighted by atomic mass is 16.3. The van der Waals surface area contributed by atoms with Crippen molar-refractivity contribution < 1.29 is 9.90 Å². The van der Waals surface area contributed by atoms with Gasteiger partial charge in [-0.25, -0.2) is 0 Å². The van der Waals surface area contributed by atoms with Crippen molar-refractivity contribution in [3.63, 3.8) is 0 Å². The predicted octanol–water partition coefficient (Wildman–Crippen LogP) is 3.11. The molecular weight excluding hydrogens is 264 g/mol. The molecule has 4 N–H and O–H groups in total. The van der Waals surface area contributed by atoms with Crippen LogP contribution in [0.25, 0.3) is 0 Å². The van der Waals surface area contributed by atoms with Crippen molar-refractivity contribution >= 4 is 17.3 Å². The van der Waals surface area contributed by atoms with Crippen LogP contribution in [0.4, 0.5) is 11.4 Å². The average Bonchev–Trinajstić information content (AvgIpc) is 2.47. The van der Waals surface area contributed by atoms with Crippen molar-refractivity contribution in [2.75, 3.05) is 11.1 Å². The number of anilines is 2. The van der Waals surface area contributed by atoms with Gasteiger partial charge in [0, 0.05) is 12.1 Å². The number of nitrogen functional groups attached to an aromatic ring is 1. The molecule has 1 amide bonds. The molecule has 2 aromatic rings. The van der Waals surface area contributed by atoms with Crippen molar-refractivity contribution in [1.82, 2.24) is 0 Å². The Kier molecular flexibility index (Phi) is 4.82. The van der Waals surface area contributed by atoms with Crippen molar-refractivity contribution in [3.8, 4) is 5.75 Å². The number of carbonyl (C=O) groups excluding carboxylic acids is 1. The number of amides is 1. The van der Waals surface area contributed by atoms with Crippen molar-refractivity contribution in [1.29, 1.82) is 0 Å². The second kappa shape index (κ2) is 6.79. The average molecular weight is 284 g/mol. The lowest BCUT2D eigenvalue weighted by Gasteiger charge is -2.09. The van der Waals surface area contributed by atoms with Crippen molar-refractivity contribution in [2.24, 2.45) is 0 Å². The molecule has 0 spiro atoms. The third kappa shape index (κ3) is 4.24. The van der Waals surface area contributed by atoms with Gasteiger partial charge in [-0.05, 0) is 48.2 Å². The highest BCUT2D eigenvalue weighted by Gasteiger charge is 2.07. The molecule has 0 saturated heterocycles. The minimum Gasteiger partial charge on any atom is -0.506 e. The molecule has 0 fully saturated rings. The van der Waals surface area contributed by atoms with Crippen LogP contribution in [-0.2, 0) is 17.6 Å². The van der Waals surface area contributed by atoms with E-state index in [0.717, 1.165) is 17.5 Å². The molecule has 21 heavy (non-hydrogen) atoms. The number of rotatable bonds is 5. The Morgan fingerprint density at radius 1 is 1.19 bits per heavy atom. The Balaban J connectivity index is 1.96. The summed E-state index contributed by atoms with van der Waals surface area (Å²) < 4.78 is 0. The van der Waals surface area contributed by atoms with Gasteiger partial charge in [-0.15, -0.1) is 0 Å². The first-order valence-corrected chi connectivity index (χ1v) is 7.04. The summed E-state index contributed by atoms with van der Waals surface area (Å²) in [6.45, 7) is 2.03. The summed E-state index contributed by atoms with van der Waals surface area (Å²) >= 11 is 0. The lowest BCUT2D eigenvalue weighted by atomic mass is 10.1. The monoisotopic (exact) mass is 284 g/mol. The van der Waals surface area contributed by atoms with Crippen LogP contribution < -0.4 is 11.1 Å². The van der Waals surface area contributed by atoms with E-state index in [9.17, 15) is 9.90 Å². The third-order valence-corrected chi connectivity index (χ3v) is 3.34. The molecule has 0 aliphatic carbocycles. The smallest absolute Gasteiger partial charge is 0.224 e. The summed E-state index contributed by atoms with van der Waals surface area (Å²) in [5, 5.41) is 12.5. The molecule has 0 atom stereocenters. The first-order chi connectivity index (χ1) is 10.1. The summed E-state index contributed by atoms with van der Waals surface area (Å²) in [7, 11) is 0. The molecule has 0 bridgehead atoms. The minimum atomic E-state index is -0.124. The van der Waals surface area contributed by atoms with Gasteiger partial charge in [0.1, 0.15) is 5.75 Å². The van der Waals surface area contributed by atoms with E-state index in [1.165, 1.54) is 0 Å². The second-order valence-corrected chi connectivity index (χ2v) is 5.00. The van der Waals surface area contributed by atoms with Crippen LogP contribution in [0.5, 0.6) is 5.75 Å². The fourth-order valence-corrected chi connectivity index (χ4v) is 2.12. The Hall–Kier alpha value is -2.49. The molecule has 2 aromatic carbocycles. The summed E-state index contributed by atoms with van der Waals surface area (Å²) in [6, 6.07) is 12.7. The van der Waals surface area contributed by atoms with E-state index in [0.29, 0.717) is 24.2 Å². The maximum atomic E-state index is 12.0. The highest BCUT2D eigenvalue weighted by molar-refractivity contribution is 5.92. The minimum absolute atomic E-state index is 0.0875. The second-order valence-electron chi connectivity index (χ2n) is 5.00. The Labute approximate surface area is 124 Å². The van der Waals surface area contributed by atoms with Gasteiger partial charge in [-0.3, -0.25) is 4.79 Å². The number of nitrogens with two attached hydrogens (primary N) is 1. The number of aryl methyl sites for hydroxylation is 2. The molecule has 0 aliphatic rings. The number of phenolic OH excluding ortho intramolecular Hbond substituents is 1. The Morgan fingerprint density at radius 2 is 2.00 bits per heavy atom. The Bertz CT molecular complexity index is 638. The molecular formula is C17H20N2O2. The summed E-state index contributed by atoms with van der Waals surface area (Å²) in [5.74, 6) is -0.0366.